The van der Waals surface area contributed by atoms with Gasteiger partial charge in [-0.15, -0.1) is 0 Å². The highest BCUT2D eigenvalue weighted by Gasteiger charge is 2.59. The normalized spacial score (nSPS) is 20.3. The number of hydrogen-bond acceptors (Lipinski definition) is 8. The standard InChI is InChI=1S/C24H27NO9S/c1-16-10-12-19(13-11-16)35(30,31)34-18-14-24(21(27)28,25(15-18)22(29)33-23(2,3)4)32-20(26)17-8-6-5-7-9-17/h5-13,18H,14-15H2,1-4H3,(H,27,28)/t18-,24-/m1/s1. The lowest BCUT2D eigenvalue weighted by atomic mass is 10.1. The molecule has 2 aromatic carbocycles. The lowest BCUT2D eigenvalue weighted by Gasteiger charge is -2.34. The van der Waals surface area contributed by atoms with Crippen LogP contribution in [-0.2, 0) is 28.6 Å². The molecular formula is C24H27NO9S. The van der Waals surface area contributed by atoms with E-state index >= 15 is 0 Å². The first-order chi connectivity index (χ1) is 16.2. The van der Waals surface area contributed by atoms with Crippen LogP contribution in [0.1, 0.15) is 43.1 Å². The molecule has 1 fully saturated rings. The lowest BCUT2D eigenvalue weighted by molar-refractivity contribution is -0.175. The molecule has 35 heavy (non-hydrogen) atoms. The maximum Gasteiger partial charge on any atom is 0.413 e. The maximum atomic E-state index is 13.0. The van der Waals surface area contributed by atoms with Crippen LogP contribution in [0.4, 0.5) is 4.79 Å². The average Bonchev–Trinajstić information content (AvgIpc) is 3.12. The Morgan fingerprint density at radius 1 is 1.03 bits per heavy atom. The van der Waals surface area contributed by atoms with E-state index in [1.807, 2.05) is 0 Å². The molecular weight excluding hydrogens is 478 g/mol. The molecule has 188 valence electrons. The van der Waals surface area contributed by atoms with E-state index in [0.717, 1.165) is 5.56 Å². The summed E-state index contributed by atoms with van der Waals surface area (Å²) in [5.41, 5.74) is -2.67. The number of likely N-dealkylation sites (tertiary alicyclic amines) is 1. The van der Waals surface area contributed by atoms with Crippen molar-refractivity contribution < 1.29 is 41.6 Å². The summed E-state index contributed by atoms with van der Waals surface area (Å²) in [7, 11) is -4.31. The third-order valence-corrected chi connectivity index (χ3v) is 6.49. The number of carboxylic acids is 1. The van der Waals surface area contributed by atoms with E-state index < -0.39 is 58.5 Å². The summed E-state index contributed by atoms with van der Waals surface area (Å²) in [6, 6.07) is 13.5. The summed E-state index contributed by atoms with van der Waals surface area (Å²) in [4.78, 5) is 38.7. The molecule has 3 rings (SSSR count). The molecule has 10 nitrogen and oxygen atoms in total. The van der Waals surface area contributed by atoms with Gasteiger partial charge in [0, 0.05) is 6.42 Å². The van der Waals surface area contributed by atoms with E-state index in [4.69, 9.17) is 13.7 Å². The molecule has 0 spiro atoms. The Balaban J connectivity index is 1.96. The van der Waals surface area contributed by atoms with Crippen LogP contribution >= 0.6 is 0 Å². The van der Waals surface area contributed by atoms with Gasteiger partial charge in [-0.05, 0) is 52.0 Å². The minimum atomic E-state index is -4.31. The number of esters is 1. The topological polar surface area (TPSA) is 137 Å². The van der Waals surface area contributed by atoms with Crippen LogP contribution in [0.2, 0.25) is 0 Å². The quantitative estimate of drug-likeness (QED) is 0.463. The lowest BCUT2D eigenvalue weighted by Crippen LogP contribution is -2.56. The van der Waals surface area contributed by atoms with Crippen molar-refractivity contribution in [1.29, 1.82) is 0 Å². The average molecular weight is 506 g/mol. The van der Waals surface area contributed by atoms with Gasteiger partial charge in [0.25, 0.3) is 15.8 Å². The van der Waals surface area contributed by atoms with Gasteiger partial charge < -0.3 is 14.6 Å². The second kappa shape index (κ2) is 9.67. The van der Waals surface area contributed by atoms with Gasteiger partial charge in [0.1, 0.15) is 11.7 Å². The molecule has 11 heteroatoms. The van der Waals surface area contributed by atoms with Crippen molar-refractivity contribution in [1.82, 2.24) is 4.90 Å². The van der Waals surface area contributed by atoms with Crippen molar-refractivity contribution >= 4 is 28.1 Å². The van der Waals surface area contributed by atoms with Gasteiger partial charge in [-0.2, -0.15) is 8.42 Å². The number of aryl methyl sites for hydroxylation is 1. The Hall–Kier alpha value is -3.44. The van der Waals surface area contributed by atoms with Gasteiger partial charge in [0.15, 0.2) is 0 Å². The summed E-state index contributed by atoms with van der Waals surface area (Å²) in [6.07, 6.45) is -3.06. The Labute approximate surface area is 203 Å². The molecule has 1 aliphatic heterocycles. The molecule has 0 aromatic heterocycles. The molecule has 0 bridgehead atoms. The number of carbonyl (C=O) groups is 3. The number of ether oxygens (including phenoxy) is 2. The molecule has 0 unspecified atom stereocenters. The highest BCUT2D eigenvalue weighted by molar-refractivity contribution is 7.86. The predicted molar refractivity (Wildman–Crippen MR) is 123 cm³/mol. The Bertz CT molecular complexity index is 1200. The van der Waals surface area contributed by atoms with Crippen LogP contribution in [0, 0.1) is 6.92 Å². The number of nitrogens with zero attached hydrogens (tertiary/aromatic N) is 1. The maximum absolute atomic E-state index is 13.0. The van der Waals surface area contributed by atoms with Gasteiger partial charge in [-0.25, -0.2) is 14.4 Å². The van der Waals surface area contributed by atoms with E-state index in [9.17, 15) is 27.9 Å². The van der Waals surface area contributed by atoms with Crippen LogP contribution in [0.25, 0.3) is 0 Å². The number of benzene rings is 2. The molecule has 2 aromatic rings. The van der Waals surface area contributed by atoms with Crippen LogP contribution in [0.3, 0.4) is 0 Å². The number of carboxylic acid groups (broad SMARTS) is 1. The van der Waals surface area contributed by atoms with Crippen molar-refractivity contribution in [2.45, 2.75) is 56.4 Å². The summed E-state index contributed by atoms with van der Waals surface area (Å²) in [6.45, 7) is 6.02. The van der Waals surface area contributed by atoms with Gasteiger partial charge in [0.05, 0.1) is 17.0 Å². The van der Waals surface area contributed by atoms with Gasteiger partial charge in [0.2, 0.25) is 0 Å². The molecule has 2 atom stereocenters. The van der Waals surface area contributed by atoms with Crippen molar-refractivity contribution in [3.8, 4) is 0 Å². The Kier molecular flexibility index (Phi) is 7.23. The molecule has 1 aliphatic rings. The first kappa shape index (κ1) is 26.2. The zero-order valence-corrected chi connectivity index (χ0v) is 20.6. The van der Waals surface area contributed by atoms with Crippen LogP contribution in [0.15, 0.2) is 59.5 Å². The summed E-state index contributed by atoms with van der Waals surface area (Å²) < 4.78 is 41.6. The fraction of sp³-hybridized carbons (Fsp3) is 0.375. The highest BCUT2D eigenvalue weighted by atomic mass is 32.2. The number of hydrogen-bond donors (Lipinski definition) is 1. The minimum absolute atomic E-state index is 0.0499. The van der Waals surface area contributed by atoms with E-state index in [1.54, 1.807) is 58.0 Å². The first-order valence-corrected chi connectivity index (χ1v) is 12.2. The molecule has 0 aliphatic carbocycles. The summed E-state index contributed by atoms with van der Waals surface area (Å²) in [5, 5.41) is 10.1. The van der Waals surface area contributed by atoms with Crippen LogP contribution in [0.5, 0.6) is 0 Å². The fourth-order valence-electron chi connectivity index (χ4n) is 3.51. The smallest absolute Gasteiger partial charge is 0.413 e. The van der Waals surface area contributed by atoms with E-state index in [-0.39, 0.29) is 10.5 Å². The molecule has 1 heterocycles. The van der Waals surface area contributed by atoms with Crippen molar-refractivity contribution in [3.05, 3.63) is 65.7 Å². The predicted octanol–water partition coefficient (Wildman–Crippen LogP) is 3.35. The summed E-state index contributed by atoms with van der Waals surface area (Å²) >= 11 is 0. The van der Waals surface area contributed by atoms with Crippen LogP contribution < -0.4 is 0 Å². The molecule has 1 amide bonds. The molecule has 1 saturated heterocycles. The van der Waals surface area contributed by atoms with E-state index in [1.165, 1.54) is 24.3 Å². The van der Waals surface area contributed by atoms with E-state index in [2.05, 4.69) is 0 Å². The fourth-order valence-corrected chi connectivity index (χ4v) is 4.57. The summed E-state index contributed by atoms with van der Waals surface area (Å²) in [5.74, 6) is -2.69. The number of carbonyl (C=O) groups excluding carboxylic acids is 2. The SMILES string of the molecule is Cc1ccc(S(=O)(=O)O[C@H]2CN(C(=O)OC(C)(C)C)[C@](OC(=O)c3ccccc3)(C(=O)O)C2)cc1. The molecule has 1 N–H and O–H groups in total. The van der Waals surface area contributed by atoms with Crippen molar-refractivity contribution in [2.75, 3.05) is 6.54 Å². The second-order valence-corrected chi connectivity index (χ2v) is 10.7. The number of rotatable bonds is 6. The Morgan fingerprint density at radius 3 is 2.17 bits per heavy atom. The highest BCUT2D eigenvalue weighted by Crippen LogP contribution is 2.36. The van der Waals surface area contributed by atoms with Gasteiger partial charge in [-0.3, -0.25) is 9.08 Å². The molecule has 0 radical (unpaired) electrons. The second-order valence-electron chi connectivity index (χ2n) is 9.13. The third kappa shape index (κ3) is 5.98. The van der Waals surface area contributed by atoms with Gasteiger partial charge in [-0.1, -0.05) is 35.9 Å². The van der Waals surface area contributed by atoms with Crippen molar-refractivity contribution in [3.63, 3.8) is 0 Å². The zero-order valence-electron chi connectivity index (χ0n) is 19.8. The first-order valence-electron chi connectivity index (χ1n) is 10.8. The molecule has 0 saturated carbocycles. The largest absolute Gasteiger partial charge is 0.477 e. The Morgan fingerprint density at radius 2 is 1.63 bits per heavy atom. The number of aliphatic carboxylic acids is 1. The minimum Gasteiger partial charge on any atom is -0.477 e. The monoisotopic (exact) mass is 505 g/mol. The van der Waals surface area contributed by atoms with Crippen LogP contribution in [-0.4, -0.2) is 60.4 Å². The number of amides is 1. The van der Waals surface area contributed by atoms with Gasteiger partial charge >= 0.3 is 18.0 Å². The zero-order chi connectivity index (χ0) is 26.0. The van der Waals surface area contributed by atoms with Crippen molar-refractivity contribution in [2.24, 2.45) is 0 Å². The van der Waals surface area contributed by atoms with E-state index in [0.29, 0.717) is 4.90 Å². The third-order valence-electron chi connectivity index (χ3n) is 5.12.